The summed E-state index contributed by atoms with van der Waals surface area (Å²) < 4.78 is 23.3. The highest BCUT2D eigenvalue weighted by Crippen LogP contribution is 2.20. The Bertz CT molecular complexity index is 459. The number of benzene rings is 1. The molecular weight excluding hydrogens is 208 g/mol. The van der Waals surface area contributed by atoms with Crippen molar-refractivity contribution in [2.24, 2.45) is 0 Å². The van der Waals surface area contributed by atoms with Gasteiger partial charge < -0.3 is 0 Å². The van der Waals surface area contributed by atoms with Gasteiger partial charge in [-0.1, -0.05) is 32.6 Å². The fourth-order valence-electron chi connectivity index (χ4n) is 1.50. The molecule has 15 heavy (non-hydrogen) atoms. The molecule has 1 rings (SSSR count). The lowest BCUT2D eigenvalue weighted by Crippen LogP contribution is -2.01. The summed E-state index contributed by atoms with van der Waals surface area (Å²) in [4.78, 5) is 0.386. The van der Waals surface area contributed by atoms with Crippen LogP contribution in [0.1, 0.15) is 25.0 Å². The average molecular weight is 224 g/mol. The van der Waals surface area contributed by atoms with E-state index in [4.69, 9.17) is 0 Å². The maximum absolute atomic E-state index is 11.7. The largest absolute Gasteiger partial charge is 0.219 e. The third-order valence-electron chi connectivity index (χ3n) is 2.44. The summed E-state index contributed by atoms with van der Waals surface area (Å²) in [5, 5.41) is 1.01. The van der Waals surface area contributed by atoms with Gasteiger partial charge in [0.05, 0.1) is 4.90 Å². The maximum Gasteiger partial charge on any atom is 0.199 e. The van der Waals surface area contributed by atoms with E-state index in [0.29, 0.717) is 4.90 Å². The van der Waals surface area contributed by atoms with Crippen molar-refractivity contribution in [1.82, 2.24) is 0 Å². The lowest BCUT2D eigenvalue weighted by Gasteiger charge is -2.07. The molecule has 1 aromatic carbocycles. The number of aryl methyl sites for hydroxylation is 2. The molecule has 0 aliphatic heterocycles. The second-order valence-electron chi connectivity index (χ2n) is 3.36. The van der Waals surface area contributed by atoms with Gasteiger partial charge in [0.1, 0.15) is 0 Å². The highest BCUT2D eigenvalue weighted by atomic mass is 32.2. The number of sulfone groups is 1. The molecule has 0 aliphatic rings. The van der Waals surface area contributed by atoms with Crippen LogP contribution in [0.5, 0.6) is 0 Å². The van der Waals surface area contributed by atoms with E-state index in [1.54, 1.807) is 6.07 Å². The summed E-state index contributed by atoms with van der Waals surface area (Å²) >= 11 is 0. The lowest BCUT2D eigenvalue weighted by molar-refractivity contribution is 0.603. The number of hydrogen-bond acceptors (Lipinski definition) is 2. The molecule has 0 aliphatic carbocycles. The highest BCUT2D eigenvalue weighted by Gasteiger charge is 2.13. The molecule has 0 aromatic heterocycles. The molecule has 0 bridgehead atoms. The van der Waals surface area contributed by atoms with Crippen molar-refractivity contribution in [3.63, 3.8) is 0 Å². The first kappa shape index (κ1) is 12.0. The predicted octanol–water partition coefficient (Wildman–Crippen LogP) is 2.73. The van der Waals surface area contributed by atoms with E-state index in [-0.39, 0.29) is 0 Å². The van der Waals surface area contributed by atoms with Crippen LogP contribution in [-0.2, 0) is 22.7 Å². The van der Waals surface area contributed by atoms with Gasteiger partial charge in [-0.2, -0.15) is 0 Å². The van der Waals surface area contributed by atoms with Gasteiger partial charge in [0.15, 0.2) is 9.84 Å². The van der Waals surface area contributed by atoms with Gasteiger partial charge in [-0.15, -0.1) is 0 Å². The Hall–Kier alpha value is -1.09. The Morgan fingerprint density at radius 3 is 2.40 bits per heavy atom. The quantitative estimate of drug-likeness (QED) is 0.788. The van der Waals surface area contributed by atoms with Crippen LogP contribution in [0.4, 0.5) is 0 Å². The van der Waals surface area contributed by atoms with E-state index in [1.807, 2.05) is 19.1 Å². The molecule has 0 amide bonds. The molecule has 3 heteroatoms. The van der Waals surface area contributed by atoms with E-state index in [9.17, 15) is 8.42 Å². The standard InChI is InChI=1S/C12H16O2S/c1-4-10-7-8-12(11(5-2)9-10)15(13,14)6-3/h6-9H,3-5H2,1-2H3. The van der Waals surface area contributed by atoms with Crippen molar-refractivity contribution in [3.8, 4) is 0 Å². The third-order valence-corrected chi connectivity index (χ3v) is 3.89. The molecule has 0 heterocycles. The van der Waals surface area contributed by atoms with Crippen LogP contribution >= 0.6 is 0 Å². The van der Waals surface area contributed by atoms with Crippen molar-refractivity contribution >= 4 is 9.84 Å². The Labute approximate surface area is 91.6 Å². The van der Waals surface area contributed by atoms with E-state index in [1.165, 1.54) is 0 Å². The van der Waals surface area contributed by atoms with Gasteiger partial charge in [-0.05, 0) is 30.0 Å². The lowest BCUT2D eigenvalue weighted by atomic mass is 10.1. The SMILES string of the molecule is C=CS(=O)(=O)c1ccc(CC)cc1CC. The molecule has 0 fully saturated rings. The molecule has 0 N–H and O–H groups in total. The summed E-state index contributed by atoms with van der Waals surface area (Å²) in [6, 6.07) is 5.49. The molecule has 0 unspecified atom stereocenters. The summed E-state index contributed by atoms with van der Waals surface area (Å²) in [5.41, 5.74) is 2.03. The zero-order chi connectivity index (χ0) is 11.5. The second kappa shape index (κ2) is 4.62. The van der Waals surface area contributed by atoms with Crippen molar-refractivity contribution in [1.29, 1.82) is 0 Å². The predicted molar refractivity (Wildman–Crippen MR) is 62.6 cm³/mol. The first-order valence-corrected chi connectivity index (χ1v) is 6.59. The van der Waals surface area contributed by atoms with Crippen LogP contribution < -0.4 is 0 Å². The van der Waals surface area contributed by atoms with Gasteiger partial charge in [-0.25, -0.2) is 8.42 Å². The van der Waals surface area contributed by atoms with Gasteiger partial charge in [0, 0.05) is 5.41 Å². The molecular formula is C12H16O2S. The minimum absolute atomic E-state index is 0.386. The van der Waals surface area contributed by atoms with Crippen molar-refractivity contribution in [2.45, 2.75) is 31.6 Å². The first-order chi connectivity index (χ1) is 7.05. The highest BCUT2D eigenvalue weighted by molar-refractivity contribution is 7.94. The van der Waals surface area contributed by atoms with Crippen LogP contribution in [0.25, 0.3) is 0 Å². The van der Waals surface area contributed by atoms with Gasteiger partial charge >= 0.3 is 0 Å². The normalized spacial score (nSPS) is 11.3. The first-order valence-electron chi connectivity index (χ1n) is 5.04. The Balaban J connectivity index is 3.38. The zero-order valence-electron chi connectivity index (χ0n) is 9.16. The molecule has 0 saturated carbocycles. The minimum Gasteiger partial charge on any atom is -0.219 e. The monoisotopic (exact) mass is 224 g/mol. The summed E-state index contributed by atoms with van der Waals surface area (Å²) in [6.07, 6.45) is 1.64. The Morgan fingerprint density at radius 2 is 1.93 bits per heavy atom. The number of rotatable bonds is 4. The zero-order valence-corrected chi connectivity index (χ0v) is 9.97. The smallest absolute Gasteiger partial charge is 0.199 e. The van der Waals surface area contributed by atoms with Crippen LogP contribution in [0.3, 0.4) is 0 Å². The molecule has 0 saturated heterocycles. The van der Waals surface area contributed by atoms with E-state index < -0.39 is 9.84 Å². The van der Waals surface area contributed by atoms with Crippen molar-refractivity contribution in [3.05, 3.63) is 41.3 Å². The molecule has 0 atom stereocenters. The van der Waals surface area contributed by atoms with Crippen LogP contribution in [0, 0.1) is 0 Å². The Kier molecular flexibility index (Phi) is 3.69. The molecule has 0 spiro atoms. The Morgan fingerprint density at radius 1 is 1.27 bits per heavy atom. The fraction of sp³-hybridized carbons (Fsp3) is 0.333. The summed E-state index contributed by atoms with van der Waals surface area (Å²) in [6.45, 7) is 7.35. The molecule has 0 radical (unpaired) electrons. The van der Waals surface area contributed by atoms with Crippen LogP contribution in [0.2, 0.25) is 0 Å². The van der Waals surface area contributed by atoms with E-state index in [2.05, 4.69) is 13.5 Å². The van der Waals surface area contributed by atoms with Crippen LogP contribution in [-0.4, -0.2) is 8.42 Å². The summed E-state index contributed by atoms with van der Waals surface area (Å²) in [5.74, 6) is 0. The van der Waals surface area contributed by atoms with Gasteiger partial charge in [-0.3, -0.25) is 0 Å². The fourth-order valence-corrected chi connectivity index (χ4v) is 2.50. The topological polar surface area (TPSA) is 34.1 Å². The third kappa shape index (κ3) is 2.48. The van der Waals surface area contributed by atoms with Crippen LogP contribution in [0.15, 0.2) is 35.1 Å². The van der Waals surface area contributed by atoms with Gasteiger partial charge in [0.2, 0.25) is 0 Å². The molecule has 82 valence electrons. The molecule has 1 aromatic rings. The minimum atomic E-state index is -3.30. The summed E-state index contributed by atoms with van der Waals surface area (Å²) in [7, 11) is -3.30. The number of hydrogen-bond donors (Lipinski definition) is 0. The maximum atomic E-state index is 11.7. The molecule has 2 nitrogen and oxygen atoms in total. The van der Waals surface area contributed by atoms with Crippen molar-refractivity contribution < 1.29 is 8.42 Å². The van der Waals surface area contributed by atoms with Crippen molar-refractivity contribution in [2.75, 3.05) is 0 Å². The van der Waals surface area contributed by atoms with Gasteiger partial charge in [0.25, 0.3) is 0 Å². The van der Waals surface area contributed by atoms with E-state index >= 15 is 0 Å². The second-order valence-corrected chi connectivity index (χ2v) is 5.22. The van der Waals surface area contributed by atoms with E-state index in [0.717, 1.165) is 29.4 Å². The average Bonchev–Trinajstić information content (AvgIpc) is 2.28.